The molecule has 3 rings (SSSR count). The van der Waals surface area contributed by atoms with Gasteiger partial charge in [-0.1, -0.05) is 12.1 Å². The molecule has 1 aromatic heterocycles. The van der Waals surface area contributed by atoms with Gasteiger partial charge in [-0.2, -0.15) is 0 Å². The maximum Gasteiger partial charge on any atom is 0.253 e. The number of benzene rings is 2. The smallest absolute Gasteiger partial charge is 0.253 e. The summed E-state index contributed by atoms with van der Waals surface area (Å²) in [4.78, 5) is 15.3. The maximum absolute atomic E-state index is 12.9. The summed E-state index contributed by atoms with van der Waals surface area (Å²) >= 11 is 1.63. The van der Waals surface area contributed by atoms with Crippen LogP contribution in [0, 0.1) is 5.82 Å². The molecule has 0 saturated carbocycles. The lowest BCUT2D eigenvalue weighted by molar-refractivity contribution is 0.0773. The highest BCUT2D eigenvalue weighted by Crippen LogP contribution is 2.18. The number of nitrogens with zero attached hydrogens (tertiary/aromatic N) is 1. The second kappa shape index (κ2) is 9.19. The number of likely N-dealkylation sites (N-methyl/N-ethyl adjacent to an activating group) is 1. The van der Waals surface area contributed by atoms with Crippen molar-refractivity contribution in [3.8, 4) is 11.5 Å². The van der Waals surface area contributed by atoms with Crippen LogP contribution >= 0.6 is 11.3 Å². The number of rotatable bonds is 8. The zero-order valence-electron chi connectivity index (χ0n) is 14.9. The maximum atomic E-state index is 12.9. The van der Waals surface area contributed by atoms with Crippen molar-refractivity contribution < 1.29 is 18.7 Å². The molecule has 0 saturated heterocycles. The fourth-order valence-electron chi connectivity index (χ4n) is 2.42. The van der Waals surface area contributed by atoms with Gasteiger partial charge in [-0.05, 0) is 53.9 Å². The molecule has 0 aliphatic rings. The van der Waals surface area contributed by atoms with E-state index in [1.165, 1.54) is 12.1 Å². The van der Waals surface area contributed by atoms with Crippen LogP contribution in [0.5, 0.6) is 11.5 Å². The Morgan fingerprint density at radius 2 is 1.85 bits per heavy atom. The first-order chi connectivity index (χ1) is 13.1. The second-order valence-electron chi connectivity index (χ2n) is 5.92. The molecular weight excluding hydrogens is 365 g/mol. The van der Waals surface area contributed by atoms with E-state index in [2.05, 4.69) is 0 Å². The average molecular weight is 385 g/mol. The first-order valence-electron chi connectivity index (χ1n) is 8.51. The summed E-state index contributed by atoms with van der Waals surface area (Å²) < 4.78 is 24.2. The molecule has 3 aromatic rings. The Balaban J connectivity index is 1.51. The molecule has 0 aliphatic heterocycles. The third kappa shape index (κ3) is 5.56. The van der Waals surface area contributed by atoms with E-state index in [1.807, 2.05) is 23.6 Å². The van der Waals surface area contributed by atoms with Gasteiger partial charge in [0.05, 0.1) is 6.54 Å². The van der Waals surface area contributed by atoms with Crippen LogP contribution in [0.2, 0.25) is 0 Å². The second-order valence-corrected chi connectivity index (χ2v) is 6.96. The Morgan fingerprint density at radius 3 is 2.59 bits per heavy atom. The molecule has 1 amide bonds. The predicted molar refractivity (Wildman–Crippen MR) is 104 cm³/mol. The van der Waals surface area contributed by atoms with Crippen molar-refractivity contribution in [2.24, 2.45) is 0 Å². The van der Waals surface area contributed by atoms with E-state index < -0.39 is 0 Å². The largest absolute Gasteiger partial charge is 0.492 e. The van der Waals surface area contributed by atoms with Crippen LogP contribution in [0.15, 0.2) is 66.0 Å². The summed E-state index contributed by atoms with van der Waals surface area (Å²) in [5.41, 5.74) is 0.558. The van der Waals surface area contributed by atoms with E-state index in [4.69, 9.17) is 9.47 Å². The lowest BCUT2D eigenvalue weighted by atomic mass is 10.2. The highest BCUT2D eigenvalue weighted by Gasteiger charge is 2.12. The van der Waals surface area contributed by atoms with Gasteiger partial charge in [-0.15, -0.1) is 11.3 Å². The quantitative estimate of drug-likeness (QED) is 0.568. The van der Waals surface area contributed by atoms with Crippen molar-refractivity contribution in [1.82, 2.24) is 4.90 Å². The fraction of sp³-hybridized carbons (Fsp3) is 0.190. The number of carbonyl (C=O) groups is 1. The van der Waals surface area contributed by atoms with Gasteiger partial charge in [0, 0.05) is 17.5 Å². The molecule has 0 bridgehead atoms. The first kappa shape index (κ1) is 18.9. The molecule has 1 heterocycles. The van der Waals surface area contributed by atoms with Crippen LogP contribution in [0.1, 0.15) is 15.2 Å². The van der Waals surface area contributed by atoms with Gasteiger partial charge in [0.2, 0.25) is 0 Å². The number of halogens is 1. The topological polar surface area (TPSA) is 38.8 Å². The lowest BCUT2D eigenvalue weighted by Gasteiger charge is -2.18. The summed E-state index contributed by atoms with van der Waals surface area (Å²) in [6.45, 7) is 1.22. The first-order valence-corrected chi connectivity index (χ1v) is 9.39. The van der Waals surface area contributed by atoms with Gasteiger partial charge in [-0.25, -0.2) is 4.39 Å². The summed E-state index contributed by atoms with van der Waals surface area (Å²) in [6.07, 6.45) is 0. The third-order valence-electron chi connectivity index (χ3n) is 3.90. The Kier molecular flexibility index (Phi) is 6.44. The van der Waals surface area contributed by atoms with E-state index in [1.54, 1.807) is 53.6 Å². The van der Waals surface area contributed by atoms with Gasteiger partial charge in [0.25, 0.3) is 5.91 Å². The molecule has 2 aromatic carbocycles. The van der Waals surface area contributed by atoms with Crippen molar-refractivity contribution in [1.29, 1.82) is 0 Å². The number of hydrogen-bond donors (Lipinski definition) is 0. The van der Waals surface area contributed by atoms with Crippen LogP contribution in [0.25, 0.3) is 0 Å². The summed E-state index contributed by atoms with van der Waals surface area (Å²) in [5, 5.41) is 2.00. The molecule has 0 radical (unpaired) electrons. The van der Waals surface area contributed by atoms with Crippen LogP contribution in [0.4, 0.5) is 4.39 Å². The molecule has 0 N–H and O–H groups in total. The number of ether oxygens (including phenoxy) is 2. The Bertz CT molecular complexity index is 865. The Hall–Kier alpha value is -2.86. The summed E-state index contributed by atoms with van der Waals surface area (Å²) in [6, 6.07) is 16.9. The normalized spacial score (nSPS) is 10.4. The van der Waals surface area contributed by atoms with E-state index in [0.29, 0.717) is 36.8 Å². The van der Waals surface area contributed by atoms with Crippen molar-refractivity contribution in [2.45, 2.75) is 6.61 Å². The molecule has 0 atom stereocenters. The molecule has 4 nitrogen and oxygen atoms in total. The van der Waals surface area contributed by atoms with E-state index in [-0.39, 0.29) is 11.7 Å². The Labute approximate surface area is 161 Å². The molecule has 140 valence electrons. The van der Waals surface area contributed by atoms with Gasteiger partial charge in [0.15, 0.2) is 0 Å². The third-order valence-corrected chi connectivity index (χ3v) is 4.75. The van der Waals surface area contributed by atoms with E-state index in [0.717, 1.165) is 4.88 Å². The van der Waals surface area contributed by atoms with E-state index >= 15 is 0 Å². The van der Waals surface area contributed by atoms with Crippen LogP contribution < -0.4 is 9.47 Å². The number of thiophene rings is 1. The molecule has 0 aliphatic carbocycles. The molecule has 27 heavy (non-hydrogen) atoms. The van der Waals surface area contributed by atoms with Crippen molar-refractivity contribution in [3.63, 3.8) is 0 Å². The number of amides is 1. The molecule has 0 spiro atoms. The van der Waals surface area contributed by atoms with Gasteiger partial charge >= 0.3 is 0 Å². The summed E-state index contributed by atoms with van der Waals surface area (Å²) in [5.74, 6) is 0.807. The minimum Gasteiger partial charge on any atom is -0.492 e. The molecular formula is C21H20FNO3S. The monoisotopic (exact) mass is 385 g/mol. The van der Waals surface area contributed by atoms with Gasteiger partial charge in [0.1, 0.15) is 30.5 Å². The molecule has 6 heteroatoms. The van der Waals surface area contributed by atoms with Gasteiger partial charge in [-0.3, -0.25) is 4.79 Å². The SMILES string of the molecule is CN(CCOc1ccc(F)cc1)C(=O)c1cccc(OCc2cccs2)c1. The number of carbonyl (C=O) groups excluding carboxylic acids is 1. The molecule has 0 unspecified atom stereocenters. The zero-order valence-corrected chi connectivity index (χ0v) is 15.7. The van der Waals surface area contributed by atoms with Crippen molar-refractivity contribution in [2.75, 3.05) is 20.2 Å². The van der Waals surface area contributed by atoms with Crippen LogP contribution in [-0.2, 0) is 6.61 Å². The van der Waals surface area contributed by atoms with Crippen LogP contribution in [0.3, 0.4) is 0 Å². The van der Waals surface area contributed by atoms with E-state index in [9.17, 15) is 9.18 Å². The Morgan fingerprint density at radius 1 is 1.04 bits per heavy atom. The highest BCUT2D eigenvalue weighted by atomic mass is 32.1. The lowest BCUT2D eigenvalue weighted by Crippen LogP contribution is -2.30. The summed E-state index contributed by atoms with van der Waals surface area (Å²) in [7, 11) is 1.72. The van der Waals surface area contributed by atoms with Crippen molar-refractivity contribution >= 4 is 17.2 Å². The number of hydrogen-bond acceptors (Lipinski definition) is 4. The minimum absolute atomic E-state index is 0.112. The predicted octanol–water partition coefficient (Wildman–Crippen LogP) is 4.62. The molecule has 0 fully saturated rings. The van der Waals surface area contributed by atoms with Crippen molar-refractivity contribution in [3.05, 3.63) is 82.3 Å². The average Bonchev–Trinajstić information content (AvgIpc) is 3.21. The van der Waals surface area contributed by atoms with Crippen LogP contribution in [-0.4, -0.2) is 31.0 Å². The minimum atomic E-state index is -0.309. The zero-order chi connectivity index (χ0) is 19.1. The van der Waals surface area contributed by atoms with Gasteiger partial charge < -0.3 is 14.4 Å². The standard InChI is InChI=1S/C21H20FNO3S/c1-23(11-12-25-18-9-7-17(22)8-10-18)21(24)16-4-2-5-19(14-16)26-15-20-6-3-13-27-20/h2-10,13-14H,11-12,15H2,1H3. The highest BCUT2D eigenvalue weighted by molar-refractivity contribution is 7.09. The fourth-order valence-corrected chi connectivity index (χ4v) is 3.04.